The minimum Gasteiger partial charge on any atom is -0.0654 e. The van der Waals surface area contributed by atoms with Crippen LogP contribution in [0.3, 0.4) is 0 Å². The van der Waals surface area contributed by atoms with Gasteiger partial charge in [0, 0.05) is 20.6 Å². The van der Waals surface area contributed by atoms with Crippen LogP contribution in [0.5, 0.6) is 0 Å². The largest absolute Gasteiger partial charge is 0.0939 e. The van der Waals surface area contributed by atoms with Gasteiger partial charge in [0.1, 0.15) is 0 Å². The first kappa shape index (κ1) is 23.7. The molecule has 0 aliphatic carbocycles. The van der Waals surface area contributed by atoms with Gasteiger partial charge >= 0.3 is 0 Å². The molecule has 1 aromatic rings. The van der Waals surface area contributed by atoms with Gasteiger partial charge in [0.15, 0.2) is 0 Å². The summed E-state index contributed by atoms with van der Waals surface area (Å²) in [6.07, 6.45) is 19.9. The third-order valence-corrected chi connectivity index (χ3v) is 9.66. The van der Waals surface area contributed by atoms with Crippen molar-refractivity contribution in [2.24, 2.45) is 0 Å². The molecule has 1 heteroatoms. The van der Waals surface area contributed by atoms with Crippen LogP contribution in [0, 0.1) is 0 Å². The fraction of sp³-hybridized carbons (Fsp3) is 0.760. The van der Waals surface area contributed by atoms with Crippen LogP contribution in [0.25, 0.3) is 0 Å². The monoisotopic (exact) mass is 377 g/mol. The van der Waals surface area contributed by atoms with E-state index in [2.05, 4.69) is 57.5 Å². The molecule has 26 heavy (non-hydrogen) atoms. The van der Waals surface area contributed by atoms with Crippen molar-refractivity contribution in [3.8, 4) is 0 Å². The molecule has 1 aromatic carbocycles. The second-order valence-electron chi connectivity index (χ2n) is 8.75. The van der Waals surface area contributed by atoms with Crippen molar-refractivity contribution in [2.75, 3.05) is 19.5 Å². The van der Waals surface area contributed by atoms with E-state index in [9.17, 15) is 0 Å². The normalized spacial score (nSPS) is 13.1. The number of hydrogen-bond acceptors (Lipinski definition) is 0. The molecule has 0 saturated carbocycles. The van der Waals surface area contributed by atoms with E-state index in [0.717, 1.165) is 5.66 Å². The van der Waals surface area contributed by atoms with Gasteiger partial charge in [-0.25, -0.2) is 0 Å². The lowest BCUT2D eigenvalue weighted by Crippen LogP contribution is -2.08. The molecule has 1 unspecified atom stereocenters. The second-order valence-corrected chi connectivity index (χ2v) is 13.4. The first-order valence-corrected chi connectivity index (χ1v) is 14.4. The van der Waals surface area contributed by atoms with Gasteiger partial charge in [0.25, 0.3) is 0 Å². The van der Waals surface area contributed by atoms with Crippen LogP contribution in [0.1, 0.15) is 109 Å². The van der Waals surface area contributed by atoms with E-state index in [1.807, 2.05) is 0 Å². The lowest BCUT2D eigenvalue weighted by atomic mass is 10.0. The van der Waals surface area contributed by atoms with E-state index >= 15 is 0 Å². The Kier molecular flexibility index (Phi) is 13.4. The van der Waals surface area contributed by atoms with E-state index in [1.165, 1.54) is 89.6 Å². The lowest BCUT2D eigenvalue weighted by Gasteiger charge is -2.29. The van der Waals surface area contributed by atoms with Gasteiger partial charge in [-0.3, -0.25) is 0 Å². The molecule has 0 saturated heterocycles. The van der Waals surface area contributed by atoms with E-state index in [4.69, 9.17) is 0 Å². The van der Waals surface area contributed by atoms with Gasteiger partial charge in [-0.1, -0.05) is 102 Å². The van der Waals surface area contributed by atoms with Crippen LogP contribution in [-0.2, 0) is 0 Å². The smallest absolute Gasteiger partial charge is 0.0654 e. The summed E-state index contributed by atoms with van der Waals surface area (Å²) >= 11 is 0. The van der Waals surface area contributed by atoms with Crippen molar-refractivity contribution in [3.63, 3.8) is 0 Å². The topological polar surface area (TPSA) is 0 Å². The zero-order chi connectivity index (χ0) is 19.1. The Bertz CT molecular complexity index is 423. The fourth-order valence-electron chi connectivity index (χ4n) is 4.17. The number of rotatable bonds is 16. The van der Waals surface area contributed by atoms with Crippen LogP contribution in [0.4, 0.5) is 0 Å². The first-order valence-electron chi connectivity index (χ1n) is 11.5. The highest BCUT2D eigenvalue weighted by atomic mass is 31.2. The predicted molar refractivity (Wildman–Crippen MR) is 124 cm³/mol. The summed E-state index contributed by atoms with van der Waals surface area (Å²) in [6.45, 7) is 9.87. The van der Waals surface area contributed by atoms with Crippen molar-refractivity contribution < 1.29 is 0 Å². The van der Waals surface area contributed by atoms with Crippen molar-refractivity contribution in [2.45, 2.75) is 103 Å². The average Bonchev–Trinajstić information content (AvgIpc) is 2.64. The van der Waals surface area contributed by atoms with Crippen LogP contribution in [0.2, 0.25) is 0 Å². The maximum absolute atomic E-state index is 2.63. The number of hydrogen-bond donors (Lipinski definition) is 0. The summed E-state index contributed by atoms with van der Waals surface area (Å²) < 4.78 is 0. The number of unbranched alkanes of at least 4 members (excludes halogenated alkanes) is 10. The van der Waals surface area contributed by atoms with Gasteiger partial charge in [0.05, 0.1) is 11.8 Å². The Labute approximate surface area is 165 Å². The van der Waals surface area contributed by atoms with Crippen molar-refractivity contribution in [3.05, 3.63) is 35.9 Å². The Morgan fingerprint density at radius 1 is 0.654 bits per heavy atom. The summed E-state index contributed by atoms with van der Waals surface area (Å²) in [5.74, 6) is 0. The Balaban J connectivity index is 2.47. The molecule has 0 bridgehead atoms. The molecule has 0 N–H and O–H groups in total. The zero-order valence-electron chi connectivity index (χ0n) is 18.3. The maximum Gasteiger partial charge on any atom is 0.0939 e. The van der Waals surface area contributed by atoms with Gasteiger partial charge in [-0.2, -0.15) is 0 Å². The summed E-state index contributed by atoms with van der Waals surface area (Å²) in [4.78, 5) is 0. The van der Waals surface area contributed by atoms with E-state index < -0.39 is 7.26 Å². The van der Waals surface area contributed by atoms with E-state index in [-0.39, 0.29) is 0 Å². The van der Waals surface area contributed by atoms with Crippen molar-refractivity contribution in [1.29, 1.82) is 0 Å². The van der Waals surface area contributed by atoms with Gasteiger partial charge < -0.3 is 0 Å². The fourth-order valence-corrected chi connectivity index (χ4v) is 7.38. The molecule has 1 rings (SSSR count). The molecule has 0 aliphatic heterocycles. The molecule has 0 aliphatic rings. The van der Waals surface area contributed by atoms with Crippen molar-refractivity contribution in [1.82, 2.24) is 0 Å². The number of benzene rings is 1. The van der Waals surface area contributed by atoms with Gasteiger partial charge in [-0.05, 0) is 31.2 Å². The van der Waals surface area contributed by atoms with E-state index in [0.29, 0.717) is 0 Å². The molecule has 0 nitrogen and oxygen atoms in total. The highest BCUT2D eigenvalue weighted by molar-refractivity contribution is 7.74. The molecule has 1 atom stereocenters. The summed E-state index contributed by atoms with van der Waals surface area (Å²) in [5.41, 5.74) is 2.44. The minimum atomic E-state index is -0.885. The molecular weight excluding hydrogens is 331 g/mol. The van der Waals surface area contributed by atoms with Crippen LogP contribution in [-0.4, -0.2) is 19.5 Å². The molecule has 0 radical (unpaired) electrons. The molecule has 0 fully saturated rings. The highest BCUT2D eigenvalue weighted by Crippen LogP contribution is 2.66. The third kappa shape index (κ3) is 10.1. The maximum atomic E-state index is 2.63. The molecule has 150 valence electrons. The SMILES string of the molecule is CCCCCCCCCCC(c1ccccc1)[P+](C)(C)CCCCCC. The van der Waals surface area contributed by atoms with Crippen LogP contribution in [0.15, 0.2) is 30.3 Å². The molecule has 0 heterocycles. The van der Waals surface area contributed by atoms with Gasteiger partial charge in [-0.15, -0.1) is 0 Å². The Morgan fingerprint density at radius 3 is 1.73 bits per heavy atom. The second kappa shape index (κ2) is 14.7. The standard InChI is InChI=1S/C25H46P/c1-5-7-9-11-12-13-14-18-22-25(24-20-16-15-17-21-24)26(3,4)23-19-10-8-6-2/h15-17,20-21,25H,5-14,18-19,22-23H2,1-4H3/q+1. The average molecular weight is 378 g/mol. The first-order chi connectivity index (χ1) is 12.6. The summed E-state index contributed by atoms with van der Waals surface area (Å²) in [6, 6.07) is 11.4. The Hall–Kier alpha value is -0.350. The lowest BCUT2D eigenvalue weighted by molar-refractivity contribution is 0.561. The summed E-state index contributed by atoms with van der Waals surface area (Å²) in [7, 11) is -0.885. The van der Waals surface area contributed by atoms with E-state index in [1.54, 1.807) is 5.56 Å². The molecule has 0 amide bonds. The highest BCUT2D eigenvalue weighted by Gasteiger charge is 2.36. The summed E-state index contributed by atoms with van der Waals surface area (Å²) in [5, 5.41) is 0. The van der Waals surface area contributed by atoms with Crippen LogP contribution < -0.4 is 0 Å². The van der Waals surface area contributed by atoms with Gasteiger partial charge in [0.2, 0.25) is 0 Å². The van der Waals surface area contributed by atoms with Crippen molar-refractivity contribution >= 4 is 7.26 Å². The quantitative estimate of drug-likeness (QED) is 0.199. The minimum absolute atomic E-state index is 0.824. The predicted octanol–water partition coefficient (Wildman–Crippen LogP) is 9.12. The zero-order valence-corrected chi connectivity index (χ0v) is 19.2. The molecule has 0 spiro atoms. The molecule has 0 aromatic heterocycles. The third-order valence-electron chi connectivity index (χ3n) is 5.95. The molecular formula is C25H46P+. The van der Waals surface area contributed by atoms with Crippen LogP contribution >= 0.6 is 7.26 Å². The Morgan fingerprint density at radius 2 is 1.15 bits per heavy atom.